The lowest BCUT2D eigenvalue weighted by atomic mass is 10.1. The summed E-state index contributed by atoms with van der Waals surface area (Å²) in [6, 6.07) is 0. The first-order valence-corrected chi connectivity index (χ1v) is 25.1. The third-order valence-corrected chi connectivity index (χ3v) is 11.2. The standard InChI is InChI=1S/C45H81N3O14S2/c1-9-15-37(6)44(54)61-32-29-57-41(51)18-26-48(25-17-40(50)56-28-31-60-43(53)36(5)10-2)23-14-20-46(8)19-13-22-47(21-11-12-27-59-42(52)35(3)4)24-16-39(49)58-30-33-62-45(55)38(7)34-64-63/h35-38,63H,9-34H2,1-8H3. The maximum atomic E-state index is 12.6. The van der Waals surface area contributed by atoms with Crippen LogP contribution in [0.15, 0.2) is 0 Å². The number of carbonyl (C=O) groups is 7. The van der Waals surface area contributed by atoms with Crippen LogP contribution in [0.25, 0.3) is 0 Å². The SMILES string of the molecule is CCCC(C)C(=O)OCCOC(=O)CCN(CCCN(C)CCCN(CCCCOC(=O)C(C)C)CCC(=O)OCCOC(=O)C(C)CSS)CCC(=O)OCCOC(=O)C(C)CC. The minimum absolute atomic E-state index is 0.00848. The number of hydrogen-bond donors (Lipinski definition) is 1. The highest BCUT2D eigenvalue weighted by Crippen LogP contribution is 2.13. The smallest absolute Gasteiger partial charge is 0.309 e. The molecule has 0 aliphatic heterocycles. The lowest BCUT2D eigenvalue weighted by Gasteiger charge is -2.25. The average molecular weight is 952 g/mol. The van der Waals surface area contributed by atoms with E-state index in [0.29, 0.717) is 57.9 Å². The minimum atomic E-state index is -0.437. The van der Waals surface area contributed by atoms with Crippen molar-refractivity contribution in [2.45, 2.75) is 113 Å². The van der Waals surface area contributed by atoms with E-state index in [4.69, 9.17) is 33.2 Å². The molecule has 0 aromatic rings. The molecule has 0 spiro atoms. The summed E-state index contributed by atoms with van der Waals surface area (Å²) in [7, 11) is 3.28. The summed E-state index contributed by atoms with van der Waals surface area (Å²) in [6.07, 6.45) is 5.66. The molecule has 0 aromatic heterocycles. The number of unbranched alkanes of at least 4 members (excludes halogenated alkanes) is 1. The molecule has 0 aromatic carbocycles. The molecule has 0 saturated heterocycles. The molecule has 0 N–H and O–H groups in total. The quantitative estimate of drug-likeness (QED) is 0.0269. The molecule has 64 heavy (non-hydrogen) atoms. The Hall–Kier alpha value is -3.13. The number of carbonyl (C=O) groups excluding carboxylic acids is 7. The normalized spacial score (nSPS) is 12.8. The number of hydrogen-bond acceptors (Lipinski definition) is 19. The third kappa shape index (κ3) is 33.4. The predicted molar refractivity (Wildman–Crippen MR) is 248 cm³/mol. The van der Waals surface area contributed by atoms with E-state index in [1.165, 1.54) is 10.8 Å². The Kier molecular flexibility index (Phi) is 37.2. The lowest BCUT2D eigenvalue weighted by molar-refractivity contribution is -0.155. The fraction of sp³-hybridized carbons (Fsp3) is 0.844. The Morgan fingerprint density at radius 3 is 1.28 bits per heavy atom. The van der Waals surface area contributed by atoms with Gasteiger partial charge in [0.2, 0.25) is 0 Å². The fourth-order valence-electron chi connectivity index (χ4n) is 5.87. The second kappa shape index (κ2) is 39.1. The molecule has 19 heteroatoms. The van der Waals surface area contributed by atoms with Crippen LogP contribution in [-0.4, -0.2) is 168 Å². The van der Waals surface area contributed by atoms with Gasteiger partial charge in [0.15, 0.2) is 0 Å². The van der Waals surface area contributed by atoms with E-state index in [1.54, 1.807) is 34.6 Å². The van der Waals surface area contributed by atoms with Gasteiger partial charge in [-0.15, -0.1) is 11.7 Å². The molecule has 0 rings (SSSR count). The highest BCUT2D eigenvalue weighted by molar-refractivity contribution is 8.68. The van der Waals surface area contributed by atoms with Crippen LogP contribution in [0.2, 0.25) is 0 Å². The maximum absolute atomic E-state index is 12.6. The van der Waals surface area contributed by atoms with Gasteiger partial charge in [-0.05, 0) is 78.3 Å². The minimum Gasteiger partial charge on any atom is -0.465 e. The fourth-order valence-corrected chi connectivity index (χ4v) is 6.90. The number of ether oxygens (including phenoxy) is 7. The molecule has 0 aliphatic carbocycles. The van der Waals surface area contributed by atoms with Crippen LogP contribution in [-0.2, 0) is 66.7 Å². The second-order valence-corrected chi connectivity index (χ2v) is 17.7. The summed E-state index contributed by atoms with van der Waals surface area (Å²) in [5.74, 6) is -2.89. The zero-order valence-corrected chi connectivity index (χ0v) is 41.8. The zero-order valence-electron chi connectivity index (χ0n) is 40.1. The van der Waals surface area contributed by atoms with Gasteiger partial charge in [0.25, 0.3) is 0 Å². The second-order valence-electron chi connectivity index (χ2n) is 16.3. The maximum Gasteiger partial charge on any atom is 0.309 e. The molecule has 372 valence electrons. The van der Waals surface area contributed by atoms with Crippen LogP contribution < -0.4 is 0 Å². The van der Waals surface area contributed by atoms with Crippen molar-refractivity contribution in [3.63, 3.8) is 0 Å². The van der Waals surface area contributed by atoms with E-state index in [9.17, 15) is 33.6 Å². The monoisotopic (exact) mass is 952 g/mol. The van der Waals surface area contributed by atoms with Crippen LogP contribution in [0.5, 0.6) is 0 Å². The van der Waals surface area contributed by atoms with Gasteiger partial charge in [-0.25, -0.2) is 0 Å². The van der Waals surface area contributed by atoms with Gasteiger partial charge in [0, 0.05) is 25.4 Å². The molecule has 0 radical (unpaired) electrons. The summed E-state index contributed by atoms with van der Waals surface area (Å²) in [5.41, 5.74) is 0. The first-order valence-electron chi connectivity index (χ1n) is 23.1. The summed E-state index contributed by atoms with van der Waals surface area (Å²) < 4.78 is 36.8. The third-order valence-electron chi connectivity index (χ3n) is 10.1. The number of thiol groups is 1. The van der Waals surface area contributed by atoms with Crippen molar-refractivity contribution in [2.24, 2.45) is 23.7 Å². The molecule has 3 atom stereocenters. The van der Waals surface area contributed by atoms with Crippen LogP contribution in [0.3, 0.4) is 0 Å². The van der Waals surface area contributed by atoms with E-state index in [1.807, 2.05) is 25.8 Å². The van der Waals surface area contributed by atoms with Crippen LogP contribution in [0, 0.1) is 23.7 Å². The molecule has 0 bridgehead atoms. The summed E-state index contributed by atoms with van der Waals surface area (Å²) in [4.78, 5) is 91.9. The summed E-state index contributed by atoms with van der Waals surface area (Å²) in [6.45, 7) is 17.8. The van der Waals surface area contributed by atoms with Crippen LogP contribution in [0.1, 0.15) is 113 Å². The Morgan fingerprint density at radius 2 is 0.859 bits per heavy atom. The topological polar surface area (TPSA) is 194 Å². The zero-order chi connectivity index (χ0) is 48.1. The Balaban J connectivity index is 5.11. The van der Waals surface area contributed by atoms with Crippen molar-refractivity contribution < 1.29 is 66.7 Å². The van der Waals surface area contributed by atoms with Crippen molar-refractivity contribution >= 4 is 64.2 Å². The summed E-state index contributed by atoms with van der Waals surface area (Å²) >= 11 is 4.06. The predicted octanol–water partition coefficient (Wildman–Crippen LogP) is 5.41. The molecule has 0 amide bonds. The van der Waals surface area contributed by atoms with Gasteiger partial charge in [-0.3, -0.25) is 33.6 Å². The summed E-state index contributed by atoms with van der Waals surface area (Å²) in [5, 5.41) is 0. The van der Waals surface area contributed by atoms with E-state index in [2.05, 4.69) is 21.5 Å². The van der Waals surface area contributed by atoms with E-state index in [0.717, 1.165) is 51.7 Å². The first kappa shape index (κ1) is 60.9. The molecular formula is C45H81N3O14S2. The molecule has 0 fully saturated rings. The van der Waals surface area contributed by atoms with Crippen molar-refractivity contribution in [1.29, 1.82) is 0 Å². The molecule has 0 heterocycles. The number of nitrogens with zero attached hydrogens (tertiary/aromatic N) is 3. The van der Waals surface area contributed by atoms with Gasteiger partial charge in [0.1, 0.15) is 39.6 Å². The molecule has 17 nitrogen and oxygen atoms in total. The first-order chi connectivity index (χ1) is 30.5. The Morgan fingerprint density at radius 1 is 0.469 bits per heavy atom. The molecule has 0 saturated carbocycles. The van der Waals surface area contributed by atoms with Crippen molar-refractivity contribution in [3.05, 3.63) is 0 Å². The van der Waals surface area contributed by atoms with Gasteiger partial charge in [0.05, 0.1) is 49.5 Å². The highest BCUT2D eigenvalue weighted by Gasteiger charge is 2.18. The average Bonchev–Trinajstić information content (AvgIpc) is 3.26. The van der Waals surface area contributed by atoms with Crippen LogP contribution in [0.4, 0.5) is 0 Å². The van der Waals surface area contributed by atoms with Gasteiger partial charge >= 0.3 is 41.8 Å². The molecular weight excluding hydrogens is 871 g/mol. The van der Waals surface area contributed by atoms with Gasteiger partial charge in [-0.2, -0.15) is 0 Å². The molecule has 0 aliphatic rings. The van der Waals surface area contributed by atoms with Gasteiger partial charge < -0.3 is 47.9 Å². The molecule has 3 unspecified atom stereocenters. The van der Waals surface area contributed by atoms with Crippen molar-refractivity contribution in [3.8, 4) is 0 Å². The lowest BCUT2D eigenvalue weighted by Crippen LogP contribution is -2.34. The van der Waals surface area contributed by atoms with Crippen molar-refractivity contribution in [2.75, 3.05) is 111 Å². The van der Waals surface area contributed by atoms with Crippen molar-refractivity contribution in [1.82, 2.24) is 14.7 Å². The van der Waals surface area contributed by atoms with E-state index in [-0.39, 0.29) is 112 Å². The number of esters is 7. The Labute approximate surface area is 392 Å². The van der Waals surface area contributed by atoms with E-state index < -0.39 is 11.9 Å². The highest BCUT2D eigenvalue weighted by atomic mass is 33.1. The van der Waals surface area contributed by atoms with Crippen LogP contribution >= 0.6 is 22.5 Å². The largest absolute Gasteiger partial charge is 0.465 e. The van der Waals surface area contributed by atoms with E-state index >= 15 is 0 Å². The van der Waals surface area contributed by atoms with Gasteiger partial charge in [-0.1, -0.05) is 65.7 Å². The Bertz CT molecular complexity index is 1330. The number of rotatable bonds is 40.